The Bertz CT molecular complexity index is 279. The van der Waals surface area contributed by atoms with E-state index in [-0.39, 0.29) is 5.82 Å². The summed E-state index contributed by atoms with van der Waals surface area (Å²) in [6.45, 7) is 3.55. The zero-order valence-electron chi connectivity index (χ0n) is 7.35. The summed E-state index contributed by atoms with van der Waals surface area (Å²) >= 11 is 0. The Labute approximate surface area is 75.2 Å². The molecular weight excluding hydrogens is 180 g/mol. The normalized spacial score (nSPS) is 14.2. The summed E-state index contributed by atoms with van der Waals surface area (Å²) < 4.78 is 40.8. The molecule has 0 spiro atoms. The van der Waals surface area contributed by atoms with E-state index in [1.165, 1.54) is 6.07 Å². The molecule has 1 atom stereocenters. The van der Waals surface area contributed by atoms with E-state index in [1.807, 2.05) is 0 Å². The van der Waals surface area contributed by atoms with E-state index in [0.29, 0.717) is 5.76 Å². The van der Waals surface area contributed by atoms with E-state index in [1.54, 1.807) is 21.0 Å². The minimum atomic E-state index is -4.38. The van der Waals surface area contributed by atoms with Gasteiger partial charge in [0.2, 0.25) is 5.76 Å². The molecule has 13 heavy (non-hydrogen) atoms. The highest BCUT2D eigenvalue weighted by atomic mass is 19.4. The Morgan fingerprint density at radius 1 is 1.38 bits per heavy atom. The van der Waals surface area contributed by atoms with Crippen molar-refractivity contribution >= 4 is 7.28 Å². The minimum absolute atomic E-state index is 0.0869. The van der Waals surface area contributed by atoms with Crippen LogP contribution in [-0.2, 0) is 6.18 Å². The summed E-state index contributed by atoms with van der Waals surface area (Å²) in [4.78, 5) is 0. The fourth-order valence-electron chi connectivity index (χ4n) is 0.914. The number of halogens is 3. The standard InChI is InChI=1S/C8H9BF3O/c1-5(9-2)6-3-4-7(13-6)8(10,11)12/h3-5H,1-2H3. The van der Waals surface area contributed by atoms with Crippen LogP contribution in [0.1, 0.15) is 24.3 Å². The van der Waals surface area contributed by atoms with Gasteiger partial charge in [-0.15, -0.1) is 0 Å². The van der Waals surface area contributed by atoms with Gasteiger partial charge in [-0.1, -0.05) is 13.7 Å². The monoisotopic (exact) mass is 189 g/mol. The summed E-state index contributed by atoms with van der Waals surface area (Å²) in [7, 11) is 1.78. The van der Waals surface area contributed by atoms with Gasteiger partial charge in [-0.2, -0.15) is 13.2 Å². The molecule has 0 bridgehead atoms. The van der Waals surface area contributed by atoms with Gasteiger partial charge in [-0.3, -0.25) is 0 Å². The first-order chi connectivity index (χ1) is 5.95. The molecule has 1 unspecified atom stereocenters. The van der Waals surface area contributed by atoms with E-state index >= 15 is 0 Å². The summed E-state index contributed by atoms with van der Waals surface area (Å²) in [5.74, 6) is -0.679. The number of hydrogen-bond donors (Lipinski definition) is 0. The van der Waals surface area contributed by atoms with Gasteiger partial charge in [0, 0.05) is 0 Å². The third-order valence-corrected chi connectivity index (χ3v) is 1.85. The van der Waals surface area contributed by atoms with E-state index in [9.17, 15) is 13.2 Å². The van der Waals surface area contributed by atoms with Crippen LogP contribution in [0.5, 0.6) is 0 Å². The number of rotatable bonds is 2. The van der Waals surface area contributed by atoms with Gasteiger partial charge in [-0.05, 0) is 17.9 Å². The van der Waals surface area contributed by atoms with Crippen molar-refractivity contribution in [2.75, 3.05) is 0 Å². The molecule has 1 radical (unpaired) electrons. The fraction of sp³-hybridized carbons (Fsp3) is 0.500. The first-order valence-electron chi connectivity index (χ1n) is 3.91. The predicted molar refractivity (Wildman–Crippen MR) is 43.7 cm³/mol. The lowest BCUT2D eigenvalue weighted by atomic mass is 9.67. The molecular formula is C8H9BF3O. The molecule has 0 saturated carbocycles. The second-order valence-electron chi connectivity index (χ2n) is 2.82. The second-order valence-corrected chi connectivity index (χ2v) is 2.82. The van der Waals surface area contributed by atoms with E-state index in [0.717, 1.165) is 6.07 Å². The maximum Gasteiger partial charge on any atom is 0.449 e. The van der Waals surface area contributed by atoms with Crippen molar-refractivity contribution in [2.45, 2.75) is 25.7 Å². The van der Waals surface area contributed by atoms with Crippen LogP contribution in [0.25, 0.3) is 0 Å². The van der Waals surface area contributed by atoms with Crippen molar-refractivity contribution in [3.63, 3.8) is 0 Å². The molecule has 0 N–H and O–H groups in total. The minimum Gasteiger partial charge on any atom is -0.457 e. The van der Waals surface area contributed by atoms with Gasteiger partial charge in [0.1, 0.15) is 7.28 Å². The highest BCUT2D eigenvalue weighted by Crippen LogP contribution is 2.32. The predicted octanol–water partition coefficient (Wildman–Crippen LogP) is 3.11. The SMILES string of the molecule is C[B]C(C)c1ccc(C(F)(F)F)o1. The van der Waals surface area contributed by atoms with Crippen LogP contribution in [0.15, 0.2) is 16.5 Å². The maximum absolute atomic E-state index is 12.1. The highest BCUT2D eigenvalue weighted by molar-refractivity contribution is 6.35. The molecule has 0 fully saturated rings. The Kier molecular flexibility index (Phi) is 2.73. The molecule has 5 heteroatoms. The maximum atomic E-state index is 12.1. The average Bonchev–Trinajstić information content (AvgIpc) is 2.50. The molecule has 71 valence electrons. The Hall–Kier alpha value is -0.865. The number of hydrogen-bond acceptors (Lipinski definition) is 1. The van der Waals surface area contributed by atoms with Gasteiger partial charge in [0.05, 0.1) is 5.76 Å². The lowest BCUT2D eigenvalue weighted by Gasteiger charge is -2.04. The summed E-state index contributed by atoms with van der Waals surface area (Å²) in [5, 5.41) is 0. The van der Waals surface area contributed by atoms with Crippen LogP contribution >= 0.6 is 0 Å². The number of alkyl halides is 3. The molecule has 1 nitrogen and oxygen atoms in total. The van der Waals surface area contributed by atoms with Crippen LogP contribution in [0, 0.1) is 0 Å². The van der Waals surface area contributed by atoms with E-state index < -0.39 is 11.9 Å². The molecule has 0 amide bonds. The van der Waals surface area contributed by atoms with Crippen molar-refractivity contribution in [3.8, 4) is 0 Å². The Morgan fingerprint density at radius 3 is 2.38 bits per heavy atom. The van der Waals surface area contributed by atoms with Gasteiger partial charge < -0.3 is 4.42 Å². The van der Waals surface area contributed by atoms with Gasteiger partial charge >= 0.3 is 6.18 Å². The average molecular weight is 189 g/mol. The Morgan fingerprint density at radius 2 is 2.00 bits per heavy atom. The summed E-state index contributed by atoms with van der Waals surface area (Å²) in [6, 6.07) is 2.31. The van der Waals surface area contributed by atoms with E-state index in [2.05, 4.69) is 4.42 Å². The molecule has 0 aliphatic heterocycles. The zero-order chi connectivity index (χ0) is 10.1. The highest BCUT2D eigenvalue weighted by Gasteiger charge is 2.34. The molecule has 0 aromatic carbocycles. The molecule has 1 aromatic heterocycles. The third-order valence-electron chi connectivity index (χ3n) is 1.85. The lowest BCUT2D eigenvalue weighted by molar-refractivity contribution is -0.153. The van der Waals surface area contributed by atoms with Gasteiger partial charge in [0.25, 0.3) is 0 Å². The van der Waals surface area contributed by atoms with Crippen LogP contribution in [0.3, 0.4) is 0 Å². The summed E-state index contributed by atoms with van der Waals surface area (Å²) in [5.41, 5.74) is 0. The third kappa shape index (κ3) is 2.29. The molecule has 1 rings (SSSR count). The van der Waals surface area contributed by atoms with Crippen molar-refractivity contribution in [3.05, 3.63) is 23.7 Å². The van der Waals surface area contributed by atoms with Crippen molar-refractivity contribution in [2.24, 2.45) is 0 Å². The summed E-state index contributed by atoms with van der Waals surface area (Å²) in [6.07, 6.45) is -4.38. The van der Waals surface area contributed by atoms with E-state index in [4.69, 9.17) is 0 Å². The number of furan rings is 1. The quantitative estimate of drug-likeness (QED) is 0.651. The molecule has 1 aromatic rings. The Balaban J connectivity index is 2.87. The fourth-order valence-corrected chi connectivity index (χ4v) is 0.914. The first-order valence-corrected chi connectivity index (χ1v) is 3.91. The van der Waals surface area contributed by atoms with Crippen LogP contribution < -0.4 is 0 Å². The van der Waals surface area contributed by atoms with Crippen molar-refractivity contribution < 1.29 is 17.6 Å². The van der Waals surface area contributed by atoms with Gasteiger partial charge in [0.15, 0.2) is 0 Å². The molecule has 0 aliphatic carbocycles. The topological polar surface area (TPSA) is 13.1 Å². The molecule has 0 saturated heterocycles. The first kappa shape index (κ1) is 10.2. The molecule has 1 heterocycles. The second kappa shape index (κ2) is 3.48. The van der Waals surface area contributed by atoms with Crippen LogP contribution in [-0.4, -0.2) is 7.28 Å². The van der Waals surface area contributed by atoms with Crippen molar-refractivity contribution in [1.29, 1.82) is 0 Å². The van der Waals surface area contributed by atoms with Gasteiger partial charge in [-0.25, -0.2) is 0 Å². The largest absolute Gasteiger partial charge is 0.457 e. The van der Waals surface area contributed by atoms with Crippen LogP contribution in [0.2, 0.25) is 6.82 Å². The lowest BCUT2D eigenvalue weighted by Crippen LogP contribution is -2.03. The molecule has 0 aliphatic rings. The van der Waals surface area contributed by atoms with Crippen molar-refractivity contribution in [1.82, 2.24) is 0 Å². The zero-order valence-corrected chi connectivity index (χ0v) is 7.35. The smallest absolute Gasteiger partial charge is 0.449 e. The van der Waals surface area contributed by atoms with Crippen LogP contribution in [0.4, 0.5) is 13.2 Å².